The molecule has 3 aromatic carbocycles. The Morgan fingerprint density at radius 3 is 2.33 bits per heavy atom. The zero-order chi connectivity index (χ0) is 28.3. The molecule has 1 aromatic heterocycles. The number of nitrogens with zero attached hydrogens (tertiary/aromatic N) is 2. The first kappa shape index (κ1) is 27.3. The number of aryl methyl sites for hydroxylation is 1. The molecule has 6 N–H and O–H groups in total. The fourth-order valence-corrected chi connectivity index (χ4v) is 4.81. The molecule has 0 aliphatic carbocycles. The lowest BCUT2D eigenvalue weighted by atomic mass is 9.99. The zero-order valence-corrected chi connectivity index (χ0v) is 22.0. The highest BCUT2D eigenvalue weighted by Crippen LogP contribution is 2.36. The standard InChI is InChI=1S/C28H26FN5O4S/c1-15-4-3-5-21(16(15)2)34(28(38)25-22(30)23(26(31)36)33-39-25)24(18-8-12-20(35)13-9-18)27(37)32-14-17-6-10-19(29)11-7-17/h3-13,24,35H,14,30H2,1-2H3,(H2,31,36)(H,32,37). The number of nitrogens with two attached hydrogens (primary N) is 2. The first-order valence-electron chi connectivity index (χ1n) is 11.8. The summed E-state index contributed by atoms with van der Waals surface area (Å²) >= 11 is 0.710. The number of halogens is 1. The van der Waals surface area contributed by atoms with Crippen LogP contribution in [-0.4, -0.2) is 27.2 Å². The van der Waals surface area contributed by atoms with Crippen LogP contribution < -0.4 is 21.7 Å². The molecule has 3 amide bonds. The van der Waals surface area contributed by atoms with Crippen molar-refractivity contribution in [1.29, 1.82) is 0 Å². The molecule has 1 heterocycles. The number of nitrogen functional groups attached to an aromatic ring is 1. The Labute approximate surface area is 228 Å². The van der Waals surface area contributed by atoms with Crippen molar-refractivity contribution < 1.29 is 23.9 Å². The van der Waals surface area contributed by atoms with Gasteiger partial charge in [0.2, 0.25) is 5.91 Å². The number of rotatable bonds is 8. The number of anilines is 2. The summed E-state index contributed by atoms with van der Waals surface area (Å²) in [5.41, 5.74) is 14.2. The van der Waals surface area contributed by atoms with Crippen molar-refractivity contribution in [3.63, 3.8) is 0 Å². The fraction of sp³-hybridized carbons (Fsp3) is 0.143. The Bertz CT molecular complexity index is 1540. The van der Waals surface area contributed by atoms with E-state index in [0.29, 0.717) is 28.3 Å². The Kier molecular flexibility index (Phi) is 7.91. The number of carbonyl (C=O) groups excluding carboxylic acids is 3. The predicted octanol–water partition coefficient (Wildman–Crippen LogP) is 3.99. The van der Waals surface area contributed by atoms with E-state index >= 15 is 0 Å². The van der Waals surface area contributed by atoms with Gasteiger partial charge in [-0.3, -0.25) is 19.3 Å². The summed E-state index contributed by atoms with van der Waals surface area (Å²) in [5, 5.41) is 12.7. The molecule has 4 aromatic rings. The maximum atomic E-state index is 14.2. The van der Waals surface area contributed by atoms with Crippen molar-refractivity contribution in [2.75, 3.05) is 10.6 Å². The van der Waals surface area contributed by atoms with Crippen molar-refractivity contribution in [1.82, 2.24) is 9.69 Å². The highest BCUT2D eigenvalue weighted by molar-refractivity contribution is 7.09. The van der Waals surface area contributed by atoms with Crippen LogP contribution in [0.1, 0.15) is 48.5 Å². The number of benzene rings is 3. The highest BCUT2D eigenvalue weighted by atomic mass is 32.1. The molecule has 0 saturated carbocycles. The molecule has 1 atom stereocenters. The smallest absolute Gasteiger partial charge is 0.273 e. The molecule has 39 heavy (non-hydrogen) atoms. The van der Waals surface area contributed by atoms with Crippen LogP contribution in [0.5, 0.6) is 5.75 Å². The van der Waals surface area contributed by atoms with E-state index in [0.717, 1.165) is 11.1 Å². The quantitative estimate of drug-likeness (QED) is 0.262. The van der Waals surface area contributed by atoms with Gasteiger partial charge in [-0.05, 0) is 78.0 Å². The molecular formula is C28H26FN5O4S. The SMILES string of the molecule is Cc1cccc(N(C(=O)c2snc(C(N)=O)c2N)C(C(=O)NCc2ccc(F)cc2)c2ccc(O)cc2)c1C. The number of phenolic OH excluding ortho intramolecular Hbond substituents is 1. The molecule has 0 bridgehead atoms. The molecule has 0 fully saturated rings. The van der Waals surface area contributed by atoms with Gasteiger partial charge in [0.1, 0.15) is 22.5 Å². The van der Waals surface area contributed by atoms with Crippen LogP contribution in [0.4, 0.5) is 15.8 Å². The Hall–Kier alpha value is -4.77. The average molecular weight is 548 g/mol. The number of amides is 3. The summed E-state index contributed by atoms with van der Waals surface area (Å²) in [6.07, 6.45) is 0. The van der Waals surface area contributed by atoms with Gasteiger partial charge in [0.05, 0.1) is 5.69 Å². The van der Waals surface area contributed by atoms with Crippen molar-refractivity contribution in [2.45, 2.75) is 26.4 Å². The van der Waals surface area contributed by atoms with E-state index in [1.807, 2.05) is 19.9 Å². The Morgan fingerprint density at radius 2 is 1.72 bits per heavy atom. The lowest BCUT2D eigenvalue weighted by molar-refractivity contribution is -0.122. The van der Waals surface area contributed by atoms with Gasteiger partial charge >= 0.3 is 0 Å². The van der Waals surface area contributed by atoms with Crippen LogP contribution >= 0.6 is 11.5 Å². The van der Waals surface area contributed by atoms with Gasteiger partial charge in [-0.15, -0.1) is 0 Å². The van der Waals surface area contributed by atoms with Crippen molar-refractivity contribution in [3.8, 4) is 5.75 Å². The lowest BCUT2D eigenvalue weighted by Gasteiger charge is -2.32. The number of aromatic hydroxyl groups is 1. The number of carbonyl (C=O) groups is 3. The van der Waals surface area contributed by atoms with Gasteiger partial charge in [0, 0.05) is 12.2 Å². The molecule has 9 nitrogen and oxygen atoms in total. The number of nitrogens with one attached hydrogen (secondary N) is 1. The first-order chi connectivity index (χ1) is 18.6. The van der Waals surface area contributed by atoms with E-state index in [1.54, 1.807) is 24.3 Å². The topological polar surface area (TPSA) is 152 Å². The summed E-state index contributed by atoms with van der Waals surface area (Å²) in [4.78, 5) is 41.0. The van der Waals surface area contributed by atoms with E-state index in [-0.39, 0.29) is 28.6 Å². The molecule has 0 radical (unpaired) electrons. The third-order valence-corrected chi connectivity index (χ3v) is 7.16. The monoisotopic (exact) mass is 547 g/mol. The zero-order valence-electron chi connectivity index (χ0n) is 21.1. The van der Waals surface area contributed by atoms with Gasteiger partial charge in [0.25, 0.3) is 11.8 Å². The molecule has 0 saturated heterocycles. The van der Waals surface area contributed by atoms with Crippen molar-refractivity contribution in [3.05, 3.63) is 105 Å². The van der Waals surface area contributed by atoms with Crippen LogP contribution in [0, 0.1) is 19.7 Å². The maximum absolute atomic E-state index is 14.2. The van der Waals surface area contributed by atoms with Crippen LogP contribution in [0.2, 0.25) is 0 Å². The second-order valence-electron chi connectivity index (χ2n) is 8.87. The normalized spacial score (nSPS) is 11.6. The molecule has 0 spiro atoms. The minimum Gasteiger partial charge on any atom is -0.508 e. The lowest BCUT2D eigenvalue weighted by Crippen LogP contribution is -2.44. The Morgan fingerprint density at radius 1 is 1.05 bits per heavy atom. The molecule has 200 valence electrons. The molecule has 0 aliphatic rings. The third-order valence-electron chi connectivity index (χ3n) is 6.31. The maximum Gasteiger partial charge on any atom is 0.273 e. The summed E-state index contributed by atoms with van der Waals surface area (Å²) in [7, 11) is 0. The minimum absolute atomic E-state index is 0.0216. The van der Waals surface area contributed by atoms with Crippen LogP contribution in [0.15, 0.2) is 66.7 Å². The number of hydrogen-bond donors (Lipinski definition) is 4. The van der Waals surface area contributed by atoms with Crippen molar-refractivity contribution in [2.24, 2.45) is 5.73 Å². The van der Waals surface area contributed by atoms with Gasteiger partial charge < -0.3 is 21.9 Å². The molecule has 0 aliphatic heterocycles. The van der Waals surface area contributed by atoms with E-state index < -0.39 is 29.6 Å². The van der Waals surface area contributed by atoms with E-state index in [2.05, 4.69) is 9.69 Å². The third kappa shape index (κ3) is 5.73. The van der Waals surface area contributed by atoms with E-state index in [1.165, 1.54) is 41.3 Å². The predicted molar refractivity (Wildman–Crippen MR) is 147 cm³/mol. The second-order valence-corrected chi connectivity index (χ2v) is 9.64. The van der Waals surface area contributed by atoms with Gasteiger partial charge in [0.15, 0.2) is 5.69 Å². The number of aromatic nitrogens is 1. The number of hydrogen-bond acceptors (Lipinski definition) is 7. The molecule has 11 heteroatoms. The van der Waals surface area contributed by atoms with Gasteiger partial charge in [-0.2, -0.15) is 4.37 Å². The molecule has 4 rings (SSSR count). The highest BCUT2D eigenvalue weighted by Gasteiger charge is 2.36. The van der Waals surface area contributed by atoms with Crippen LogP contribution in [0.25, 0.3) is 0 Å². The van der Waals surface area contributed by atoms with E-state index in [9.17, 15) is 23.9 Å². The molecule has 1 unspecified atom stereocenters. The summed E-state index contributed by atoms with van der Waals surface area (Å²) in [5.74, 6) is -2.52. The van der Waals surface area contributed by atoms with Gasteiger partial charge in [-0.1, -0.05) is 36.4 Å². The fourth-order valence-electron chi connectivity index (χ4n) is 4.06. The second kappa shape index (κ2) is 11.3. The summed E-state index contributed by atoms with van der Waals surface area (Å²) < 4.78 is 17.3. The largest absolute Gasteiger partial charge is 0.508 e. The summed E-state index contributed by atoms with van der Waals surface area (Å²) in [6.45, 7) is 3.76. The number of primary amides is 1. The summed E-state index contributed by atoms with van der Waals surface area (Å²) in [6, 6.07) is 15.7. The van der Waals surface area contributed by atoms with Crippen LogP contribution in [-0.2, 0) is 11.3 Å². The average Bonchev–Trinajstić information content (AvgIpc) is 3.30. The van der Waals surface area contributed by atoms with E-state index in [4.69, 9.17) is 11.5 Å². The molecular weight excluding hydrogens is 521 g/mol. The van der Waals surface area contributed by atoms with Crippen LogP contribution in [0.3, 0.4) is 0 Å². The number of phenols is 1. The van der Waals surface area contributed by atoms with Crippen molar-refractivity contribution >= 4 is 40.6 Å². The van der Waals surface area contributed by atoms with Gasteiger partial charge in [-0.25, -0.2) is 4.39 Å². The first-order valence-corrected chi connectivity index (χ1v) is 12.6. The Balaban J connectivity index is 1.85. The minimum atomic E-state index is -1.22.